The molecule has 0 N–H and O–H groups in total. The molecule has 6 nitrogen and oxygen atoms in total. The van der Waals surface area contributed by atoms with Gasteiger partial charge in [0, 0.05) is 13.0 Å². The Hall–Kier alpha value is -3.67. The Bertz CT molecular complexity index is 1100. The van der Waals surface area contributed by atoms with E-state index in [0.29, 0.717) is 37.5 Å². The fourth-order valence-corrected chi connectivity index (χ4v) is 4.39. The molecule has 3 aromatic rings. The van der Waals surface area contributed by atoms with Gasteiger partial charge in [-0.05, 0) is 65.9 Å². The lowest BCUT2D eigenvalue weighted by molar-refractivity contribution is -0.134. The molecule has 0 bridgehead atoms. The number of fused-ring (bicyclic) bond motifs is 1. The van der Waals surface area contributed by atoms with Crippen molar-refractivity contribution in [2.24, 2.45) is 0 Å². The van der Waals surface area contributed by atoms with Gasteiger partial charge in [0.15, 0.2) is 11.5 Å². The van der Waals surface area contributed by atoms with Crippen molar-refractivity contribution >= 4 is 5.91 Å². The molecule has 178 valence electrons. The highest BCUT2D eigenvalue weighted by Crippen LogP contribution is 2.38. The van der Waals surface area contributed by atoms with Crippen molar-refractivity contribution in [1.82, 2.24) is 4.90 Å². The highest BCUT2D eigenvalue weighted by atomic mass is 16.5. The van der Waals surface area contributed by atoms with Crippen molar-refractivity contribution in [3.05, 3.63) is 83.4 Å². The normalized spacial score (nSPS) is 14.8. The van der Waals surface area contributed by atoms with Crippen LogP contribution in [0.1, 0.15) is 29.2 Å². The van der Waals surface area contributed by atoms with Crippen molar-refractivity contribution in [2.75, 3.05) is 34.5 Å². The van der Waals surface area contributed by atoms with Crippen LogP contribution in [-0.2, 0) is 17.6 Å². The Labute approximate surface area is 201 Å². The monoisotopic (exact) mass is 461 g/mol. The van der Waals surface area contributed by atoms with Crippen molar-refractivity contribution in [3.8, 4) is 23.0 Å². The van der Waals surface area contributed by atoms with Crippen molar-refractivity contribution in [3.63, 3.8) is 0 Å². The first-order valence-corrected chi connectivity index (χ1v) is 11.5. The van der Waals surface area contributed by atoms with Crippen LogP contribution in [-0.4, -0.2) is 45.3 Å². The van der Waals surface area contributed by atoms with Crippen LogP contribution in [0, 0.1) is 0 Å². The summed E-state index contributed by atoms with van der Waals surface area (Å²) >= 11 is 0. The van der Waals surface area contributed by atoms with Crippen LogP contribution in [0.4, 0.5) is 0 Å². The van der Waals surface area contributed by atoms with Gasteiger partial charge in [-0.1, -0.05) is 30.3 Å². The second-order valence-corrected chi connectivity index (χ2v) is 8.23. The largest absolute Gasteiger partial charge is 0.497 e. The lowest BCUT2D eigenvalue weighted by atomic mass is 9.91. The van der Waals surface area contributed by atoms with Crippen LogP contribution in [0.15, 0.2) is 66.7 Å². The van der Waals surface area contributed by atoms with Gasteiger partial charge in [-0.3, -0.25) is 4.79 Å². The number of ether oxygens (including phenoxy) is 4. The first-order valence-electron chi connectivity index (χ1n) is 11.5. The Morgan fingerprint density at radius 2 is 1.56 bits per heavy atom. The molecule has 34 heavy (non-hydrogen) atoms. The quantitative estimate of drug-likeness (QED) is 0.456. The molecule has 1 heterocycles. The Kier molecular flexibility index (Phi) is 7.58. The van der Waals surface area contributed by atoms with E-state index in [4.69, 9.17) is 18.9 Å². The molecule has 0 unspecified atom stereocenters. The van der Waals surface area contributed by atoms with Gasteiger partial charge in [0.05, 0.1) is 27.4 Å². The van der Waals surface area contributed by atoms with Gasteiger partial charge in [0.25, 0.3) is 0 Å². The van der Waals surface area contributed by atoms with Gasteiger partial charge < -0.3 is 23.8 Å². The molecule has 6 heteroatoms. The summed E-state index contributed by atoms with van der Waals surface area (Å²) < 4.78 is 22.4. The molecule has 4 rings (SSSR count). The van der Waals surface area contributed by atoms with E-state index in [9.17, 15) is 4.79 Å². The minimum atomic E-state index is -0.228. The Balaban J connectivity index is 1.58. The molecular weight excluding hydrogens is 430 g/mol. The van der Waals surface area contributed by atoms with E-state index in [2.05, 4.69) is 12.1 Å². The standard InChI is InChI=1S/C28H31NO5/c1-31-22-10-12-23(13-11-22)34-19-25-24-18-27(33-3)26(32-2)17-21(24)15-16-29(25)28(30)14-9-20-7-5-4-6-8-20/h4-8,10-13,17-18,25H,9,14-16,19H2,1-3H3/t25-/m1/s1. The number of carbonyl (C=O) groups excluding carboxylic acids is 1. The summed E-state index contributed by atoms with van der Waals surface area (Å²) in [6.07, 6.45) is 1.92. The predicted octanol–water partition coefficient (Wildman–Crippen LogP) is 4.85. The second-order valence-electron chi connectivity index (χ2n) is 8.23. The summed E-state index contributed by atoms with van der Waals surface area (Å²) in [6, 6.07) is 21.3. The maximum atomic E-state index is 13.4. The van der Waals surface area contributed by atoms with Gasteiger partial charge in [0.1, 0.15) is 18.1 Å². The van der Waals surface area contributed by atoms with Crippen LogP contribution in [0.5, 0.6) is 23.0 Å². The summed E-state index contributed by atoms with van der Waals surface area (Å²) in [4.78, 5) is 15.3. The SMILES string of the molecule is COc1ccc(OC[C@@H]2c3cc(OC)c(OC)cc3CCN2C(=O)CCc2ccccc2)cc1. The highest BCUT2D eigenvalue weighted by Gasteiger charge is 2.32. The van der Waals surface area contributed by atoms with Gasteiger partial charge in [-0.25, -0.2) is 0 Å². The van der Waals surface area contributed by atoms with Crippen LogP contribution in [0.25, 0.3) is 0 Å². The van der Waals surface area contributed by atoms with Crippen LogP contribution in [0.2, 0.25) is 0 Å². The van der Waals surface area contributed by atoms with Crippen LogP contribution >= 0.6 is 0 Å². The van der Waals surface area contributed by atoms with E-state index in [1.807, 2.05) is 59.5 Å². The number of nitrogens with zero attached hydrogens (tertiary/aromatic N) is 1. The van der Waals surface area contributed by atoms with Crippen LogP contribution < -0.4 is 18.9 Å². The minimum absolute atomic E-state index is 0.118. The zero-order valence-corrected chi connectivity index (χ0v) is 20.0. The van der Waals surface area contributed by atoms with Gasteiger partial charge in [-0.15, -0.1) is 0 Å². The van der Waals surface area contributed by atoms with E-state index in [1.54, 1.807) is 21.3 Å². The van der Waals surface area contributed by atoms with Crippen molar-refractivity contribution in [2.45, 2.75) is 25.3 Å². The molecule has 1 amide bonds. The second kappa shape index (κ2) is 11.0. The summed E-state index contributed by atoms with van der Waals surface area (Å²) in [7, 11) is 4.89. The molecule has 0 aliphatic carbocycles. The fourth-order valence-electron chi connectivity index (χ4n) is 4.39. The molecule has 1 aliphatic heterocycles. The molecule has 0 fully saturated rings. The van der Waals surface area contributed by atoms with E-state index in [1.165, 1.54) is 0 Å². The molecule has 1 aliphatic rings. The average molecular weight is 462 g/mol. The average Bonchev–Trinajstić information content (AvgIpc) is 2.90. The molecular formula is C28H31NO5. The molecule has 0 radical (unpaired) electrons. The maximum absolute atomic E-state index is 13.4. The summed E-state index contributed by atoms with van der Waals surface area (Å²) in [6.45, 7) is 0.971. The first-order chi connectivity index (χ1) is 16.6. The number of methoxy groups -OCH3 is 3. The van der Waals surface area contributed by atoms with Gasteiger partial charge in [0.2, 0.25) is 5.91 Å². The minimum Gasteiger partial charge on any atom is -0.497 e. The summed E-state index contributed by atoms with van der Waals surface area (Å²) in [5.74, 6) is 2.96. The number of hydrogen-bond acceptors (Lipinski definition) is 5. The van der Waals surface area contributed by atoms with E-state index in [0.717, 1.165) is 34.6 Å². The lowest BCUT2D eigenvalue weighted by Gasteiger charge is -2.37. The molecule has 0 spiro atoms. The number of benzene rings is 3. The van der Waals surface area contributed by atoms with E-state index < -0.39 is 0 Å². The number of amides is 1. The zero-order chi connectivity index (χ0) is 23.9. The topological polar surface area (TPSA) is 57.2 Å². The van der Waals surface area contributed by atoms with E-state index in [-0.39, 0.29) is 11.9 Å². The smallest absolute Gasteiger partial charge is 0.223 e. The molecule has 1 atom stereocenters. The highest BCUT2D eigenvalue weighted by molar-refractivity contribution is 5.77. The fraction of sp³-hybridized carbons (Fsp3) is 0.321. The molecule has 0 saturated heterocycles. The zero-order valence-electron chi connectivity index (χ0n) is 20.0. The molecule has 0 saturated carbocycles. The third-order valence-corrected chi connectivity index (χ3v) is 6.26. The number of carbonyl (C=O) groups is 1. The van der Waals surface area contributed by atoms with Crippen LogP contribution in [0.3, 0.4) is 0 Å². The van der Waals surface area contributed by atoms with Gasteiger partial charge >= 0.3 is 0 Å². The van der Waals surface area contributed by atoms with Crippen molar-refractivity contribution < 1.29 is 23.7 Å². The third kappa shape index (κ3) is 5.28. The first kappa shape index (κ1) is 23.5. The molecule has 0 aromatic heterocycles. The number of aryl methyl sites for hydroxylation is 1. The van der Waals surface area contributed by atoms with Crippen molar-refractivity contribution in [1.29, 1.82) is 0 Å². The Morgan fingerprint density at radius 3 is 2.24 bits per heavy atom. The predicted molar refractivity (Wildman–Crippen MR) is 131 cm³/mol. The summed E-state index contributed by atoms with van der Waals surface area (Å²) in [5, 5.41) is 0. The third-order valence-electron chi connectivity index (χ3n) is 6.26. The Morgan fingerprint density at radius 1 is 0.882 bits per heavy atom. The lowest BCUT2D eigenvalue weighted by Crippen LogP contribution is -2.42. The summed E-state index contributed by atoms with van der Waals surface area (Å²) in [5.41, 5.74) is 3.34. The maximum Gasteiger partial charge on any atom is 0.223 e. The van der Waals surface area contributed by atoms with E-state index >= 15 is 0 Å². The number of hydrogen-bond donors (Lipinski definition) is 0. The van der Waals surface area contributed by atoms with Gasteiger partial charge in [-0.2, -0.15) is 0 Å². The number of rotatable bonds is 9. The molecule has 3 aromatic carbocycles.